The highest BCUT2D eigenvalue weighted by Gasteiger charge is 2.32. The summed E-state index contributed by atoms with van der Waals surface area (Å²) >= 11 is 0. The summed E-state index contributed by atoms with van der Waals surface area (Å²) in [7, 11) is 0. The van der Waals surface area contributed by atoms with E-state index in [2.05, 4.69) is 9.88 Å². The van der Waals surface area contributed by atoms with Crippen LogP contribution in [0.3, 0.4) is 0 Å². The zero-order valence-corrected chi connectivity index (χ0v) is 11.9. The van der Waals surface area contributed by atoms with Gasteiger partial charge in [0.1, 0.15) is 5.56 Å². The first-order chi connectivity index (χ1) is 9.66. The predicted molar refractivity (Wildman–Crippen MR) is 76.9 cm³/mol. The second kappa shape index (κ2) is 5.40. The fraction of sp³-hybridized carbons (Fsp3) is 0.600. The number of aromatic nitrogens is 1. The highest BCUT2D eigenvalue weighted by molar-refractivity contribution is 5.95. The summed E-state index contributed by atoms with van der Waals surface area (Å²) in [6, 6.07) is 2.26. The van der Waals surface area contributed by atoms with Gasteiger partial charge in [0.15, 0.2) is 0 Å². The topological polar surface area (TPSA) is 56.4 Å². The van der Waals surface area contributed by atoms with E-state index in [4.69, 9.17) is 0 Å². The highest BCUT2D eigenvalue weighted by atomic mass is 16.2. The summed E-state index contributed by atoms with van der Waals surface area (Å²) < 4.78 is 0. The number of piperidine rings is 1. The summed E-state index contributed by atoms with van der Waals surface area (Å²) in [5.74, 6) is -0.116. The molecule has 1 atom stereocenters. The number of amides is 1. The van der Waals surface area contributed by atoms with Crippen molar-refractivity contribution < 1.29 is 4.79 Å². The van der Waals surface area contributed by atoms with Gasteiger partial charge < -0.3 is 9.88 Å². The van der Waals surface area contributed by atoms with E-state index in [1.54, 1.807) is 12.3 Å². The van der Waals surface area contributed by atoms with Crippen LogP contribution in [0.4, 0.5) is 0 Å². The van der Waals surface area contributed by atoms with Gasteiger partial charge in [0.05, 0.1) is 0 Å². The molecule has 0 spiro atoms. The quantitative estimate of drug-likeness (QED) is 0.831. The number of nitrogens with one attached hydrogen (secondary N) is 1. The Bertz CT molecular complexity index is 566. The fourth-order valence-electron chi connectivity index (χ4n) is 3.34. The smallest absolute Gasteiger partial charge is 0.261 e. The van der Waals surface area contributed by atoms with Crippen LogP contribution in [0, 0.1) is 6.92 Å². The van der Waals surface area contributed by atoms with Gasteiger partial charge in [-0.1, -0.05) is 6.42 Å². The number of carbonyl (C=O) groups is 1. The van der Waals surface area contributed by atoms with Crippen LogP contribution in [-0.4, -0.2) is 52.9 Å². The Morgan fingerprint density at radius 3 is 2.95 bits per heavy atom. The molecule has 2 fully saturated rings. The largest absolute Gasteiger partial charge is 0.336 e. The Morgan fingerprint density at radius 1 is 1.30 bits per heavy atom. The fourth-order valence-corrected chi connectivity index (χ4v) is 3.34. The maximum absolute atomic E-state index is 12.6. The first-order valence-corrected chi connectivity index (χ1v) is 7.38. The molecule has 20 heavy (non-hydrogen) atoms. The molecule has 1 aromatic heterocycles. The number of hydrogen-bond acceptors (Lipinski definition) is 3. The molecular formula is C15H21N3O2. The Balaban J connectivity index is 1.79. The monoisotopic (exact) mass is 275 g/mol. The van der Waals surface area contributed by atoms with Crippen molar-refractivity contribution in [2.24, 2.45) is 0 Å². The number of aromatic amines is 1. The van der Waals surface area contributed by atoms with E-state index in [0.29, 0.717) is 11.6 Å². The number of hydrogen-bond donors (Lipinski definition) is 1. The average molecular weight is 275 g/mol. The molecule has 2 aliphatic rings. The molecule has 0 aromatic carbocycles. The maximum Gasteiger partial charge on any atom is 0.261 e. The Kier molecular flexibility index (Phi) is 3.61. The number of piperazine rings is 1. The lowest BCUT2D eigenvalue weighted by molar-refractivity contribution is 0.0370. The van der Waals surface area contributed by atoms with Crippen molar-refractivity contribution in [3.05, 3.63) is 33.7 Å². The molecule has 2 aliphatic heterocycles. The Hall–Kier alpha value is -1.62. The number of carbonyl (C=O) groups excluding carboxylic acids is 1. The second-order valence-corrected chi connectivity index (χ2v) is 5.80. The Labute approximate surface area is 118 Å². The maximum atomic E-state index is 12.6. The highest BCUT2D eigenvalue weighted by Crippen LogP contribution is 2.22. The average Bonchev–Trinajstić information content (AvgIpc) is 2.46. The third kappa shape index (κ3) is 2.38. The van der Waals surface area contributed by atoms with Crippen molar-refractivity contribution in [2.75, 3.05) is 26.2 Å². The third-order valence-electron chi connectivity index (χ3n) is 4.51. The van der Waals surface area contributed by atoms with Gasteiger partial charge in [0.2, 0.25) is 0 Å². The van der Waals surface area contributed by atoms with Crippen LogP contribution in [0.5, 0.6) is 0 Å². The molecule has 0 radical (unpaired) electrons. The molecule has 3 heterocycles. The van der Waals surface area contributed by atoms with E-state index in [1.165, 1.54) is 12.8 Å². The van der Waals surface area contributed by atoms with E-state index in [0.717, 1.165) is 38.2 Å². The second-order valence-electron chi connectivity index (χ2n) is 5.80. The molecular weight excluding hydrogens is 254 g/mol. The molecule has 0 saturated carbocycles. The number of nitrogens with zero attached hydrogens (tertiary/aromatic N) is 2. The molecule has 0 bridgehead atoms. The van der Waals surface area contributed by atoms with Gasteiger partial charge >= 0.3 is 0 Å². The van der Waals surface area contributed by atoms with Crippen molar-refractivity contribution in [1.29, 1.82) is 0 Å². The Morgan fingerprint density at radius 2 is 2.15 bits per heavy atom. The van der Waals surface area contributed by atoms with Crippen molar-refractivity contribution >= 4 is 5.91 Å². The molecule has 108 valence electrons. The summed E-state index contributed by atoms with van der Waals surface area (Å²) in [6.07, 6.45) is 5.26. The van der Waals surface area contributed by atoms with Crippen LogP contribution < -0.4 is 5.56 Å². The molecule has 3 rings (SSSR count). The van der Waals surface area contributed by atoms with Crippen LogP contribution in [0.2, 0.25) is 0 Å². The van der Waals surface area contributed by atoms with Crippen molar-refractivity contribution in [3.63, 3.8) is 0 Å². The molecule has 1 aromatic rings. The minimum atomic E-state index is -0.277. The lowest BCUT2D eigenvalue weighted by atomic mass is 9.99. The molecule has 0 aliphatic carbocycles. The molecule has 1 amide bonds. The number of pyridine rings is 1. The minimum absolute atomic E-state index is 0.116. The molecule has 1 N–H and O–H groups in total. The number of H-pyrrole nitrogens is 1. The van der Waals surface area contributed by atoms with Crippen LogP contribution in [-0.2, 0) is 0 Å². The SMILES string of the molecule is Cc1cc[nH]c(=O)c1C(=O)N1CCN2CCCCC2C1. The molecule has 5 nitrogen and oxygen atoms in total. The lowest BCUT2D eigenvalue weighted by Crippen LogP contribution is -2.56. The van der Waals surface area contributed by atoms with Gasteiger partial charge in [-0.25, -0.2) is 0 Å². The van der Waals surface area contributed by atoms with Crippen molar-refractivity contribution in [1.82, 2.24) is 14.8 Å². The van der Waals surface area contributed by atoms with Crippen LogP contribution in [0.15, 0.2) is 17.1 Å². The zero-order chi connectivity index (χ0) is 14.1. The molecule has 2 saturated heterocycles. The zero-order valence-electron chi connectivity index (χ0n) is 11.9. The van der Waals surface area contributed by atoms with Gasteiger partial charge in [0.25, 0.3) is 11.5 Å². The van der Waals surface area contributed by atoms with Gasteiger partial charge in [-0.15, -0.1) is 0 Å². The van der Waals surface area contributed by atoms with E-state index in [-0.39, 0.29) is 11.5 Å². The predicted octanol–water partition coefficient (Wildman–Crippen LogP) is 0.994. The lowest BCUT2D eigenvalue weighted by Gasteiger charge is -2.44. The first-order valence-electron chi connectivity index (χ1n) is 7.38. The number of fused-ring (bicyclic) bond motifs is 1. The minimum Gasteiger partial charge on any atom is -0.336 e. The standard InChI is InChI=1S/C15H21N3O2/c1-11-5-6-16-14(19)13(11)15(20)18-9-8-17-7-3-2-4-12(17)10-18/h5-6,12H,2-4,7-10H2,1H3,(H,16,19). The van der Waals surface area contributed by atoms with Crippen LogP contribution in [0.25, 0.3) is 0 Å². The third-order valence-corrected chi connectivity index (χ3v) is 4.51. The van der Waals surface area contributed by atoms with E-state index < -0.39 is 0 Å². The van der Waals surface area contributed by atoms with Crippen LogP contribution in [0.1, 0.15) is 35.2 Å². The van der Waals surface area contributed by atoms with E-state index in [9.17, 15) is 9.59 Å². The summed E-state index contributed by atoms with van der Waals surface area (Å²) in [5, 5.41) is 0. The van der Waals surface area contributed by atoms with E-state index >= 15 is 0 Å². The number of aryl methyl sites for hydroxylation is 1. The summed E-state index contributed by atoms with van der Waals surface area (Å²) in [6.45, 7) is 5.38. The van der Waals surface area contributed by atoms with Gasteiger partial charge in [0, 0.05) is 31.9 Å². The van der Waals surface area contributed by atoms with Crippen molar-refractivity contribution in [2.45, 2.75) is 32.2 Å². The van der Waals surface area contributed by atoms with Crippen molar-refractivity contribution in [3.8, 4) is 0 Å². The first kappa shape index (κ1) is 13.4. The van der Waals surface area contributed by atoms with Gasteiger partial charge in [-0.05, 0) is 37.9 Å². The molecule has 5 heteroatoms. The number of rotatable bonds is 1. The molecule has 1 unspecified atom stereocenters. The van der Waals surface area contributed by atoms with Gasteiger partial charge in [-0.3, -0.25) is 14.5 Å². The van der Waals surface area contributed by atoms with Gasteiger partial charge in [-0.2, -0.15) is 0 Å². The van der Waals surface area contributed by atoms with E-state index in [1.807, 2.05) is 11.8 Å². The normalized spacial score (nSPS) is 23.4. The summed E-state index contributed by atoms with van der Waals surface area (Å²) in [5.41, 5.74) is 0.780. The van der Waals surface area contributed by atoms with Crippen LogP contribution >= 0.6 is 0 Å². The summed E-state index contributed by atoms with van der Waals surface area (Å²) in [4.78, 5) is 31.4.